The maximum absolute atomic E-state index is 12.5. The zero-order valence-electron chi connectivity index (χ0n) is 38.6. The molecule has 0 radical (unpaired) electrons. The van der Waals surface area contributed by atoms with Crippen LogP contribution in [0, 0.1) is 0 Å². The number of esters is 2. The number of rotatable bonds is 10. The molecule has 2 aromatic heterocycles. The van der Waals surface area contributed by atoms with Gasteiger partial charge < -0.3 is 59.2 Å². The van der Waals surface area contributed by atoms with Crippen molar-refractivity contribution in [2.24, 2.45) is 0 Å². The van der Waals surface area contributed by atoms with E-state index in [2.05, 4.69) is 51.8 Å². The number of morpholine rings is 2. The van der Waals surface area contributed by atoms with Crippen LogP contribution in [0.5, 0.6) is 23.0 Å². The minimum atomic E-state index is -0.292. The van der Waals surface area contributed by atoms with Crippen LogP contribution in [0.3, 0.4) is 0 Å². The smallest absolute Gasteiger partial charge is 0.325 e. The molecule has 0 aliphatic carbocycles. The Bertz CT molecular complexity index is 2910. The molecule has 2 fully saturated rings. The Labute approximate surface area is 407 Å². The van der Waals surface area contributed by atoms with Crippen molar-refractivity contribution in [3.8, 4) is 45.5 Å². The van der Waals surface area contributed by atoms with Gasteiger partial charge in [-0.05, 0) is 85.6 Å². The third-order valence-corrected chi connectivity index (χ3v) is 12.1. The molecule has 4 aliphatic heterocycles. The van der Waals surface area contributed by atoms with Crippen LogP contribution in [-0.2, 0) is 41.4 Å². The average molecular weight is 1000 g/mol. The number of para-hydroxylation sites is 2. The van der Waals surface area contributed by atoms with Crippen molar-refractivity contribution >= 4 is 50.6 Å². The molecule has 0 atom stereocenters. The summed E-state index contributed by atoms with van der Waals surface area (Å²) in [5, 5.41) is 3.39. The second-order valence-corrected chi connectivity index (χ2v) is 16.9. The molecule has 5 N–H and O–H groups in total. The number of hydrogen-bond donors (Lipinski definition) is 4. The van der Waals surface area contributed by atoms with Gasteiger partial charge in [-0.25, -0.2) is 0 Å². The van der Waals surface area contributed by atoms with Crippen LogP contribution in [0.15, 0.2) is 107 Å². The maximum atomic E-state index is 12.5. The van der Waals surface area contributed by atoms with Gasteiger partial charge >= 0.3 is 11.9 Å². The molecule has 0 amide bonds. The molecule has 16 nitrogen and oxygen atoms in total. The minimum absolute atomic E-state index is 0.112. The van der Waals surface area contributed by atoms with Gasteiger partial charge in [0, 0.05) is 96.2 Å². The fourth-order valence-electron chi connectivity index (χ4n) is 8.45. The first-order valence-electron chi connectivity index (χ1n) is 23.0. The van der Waals surface area contributed by atoms with Crippen LogP contribution in [0.4, 0.5) is 22.7 Å². The fraction of sp³-hybridized carbons (Fsp3) is 0.308. The number of ether oxygens (including phenoxy) is 6. The van der Waals surface area contributed by atoms with Crippen LogP contribution in [0.25, 0.3) is 22.5 Å². The monoisotopic (exact) mass is 1000 g/mol. The third kappa shape index (κ3) is 12.2. The van der Waals surface area contributed by atoms with Gasteiger partial charge in [-0.15, -0.1) is 0 Å². The number of benzene rings is 4. The summed E-state index contributed by atoms with van der Waals surface area (Å²) in [7, 11) is 0. The summed E-state index contributed by atoms with van der Waals surface area (Å²) in [4.78, 5) is 56.9. The summed E-state index contributed by atoms with van der Waals surface area (Å²) in [6.07, 6.45) is 1.43. The summed E-state index contributed by atoms with van der Waals surface area (Å²) in [5.41, 5.74) is 16.4. The van der Waals surface area contributed by atoms with E-state index in [0.29, 0.717) is 51.4 Å². The number of H-pyrrole nitrogens is 2. The third-order valence-electron chi connectivity index (χ3n) is 11.7. The van der Waals surface area contributed by atoms with Crippen molar-refractivity contribution in [2.45, 2.75) is 26.7 Å². The number of nitrogens with one attached hydrogen (secondary N) is 3. The Kier molecular flexibility index (Phi) is 16.0. The lowest BCUT2D eigenvalue weighted by Gasteiger charge is -2.29. The molecule has 17 heteroatoms. The van der Waals surface area contributed by atoms with Gasteiger partial charge in [-0.3, -0.25) is 19.2 Å². The molecule has 4 aromatic carbocycles. The van der Waals surface area contributed by atoms with E-state index in [1.807, 2.05) is 78.9 Å². The van der Waals surface area contributed by atoms with Crippen LogP contribution in [0.2, 0.25) is 0 Å². The van der Waals surface area contributed by atoms with Crippen molar-refractivity contribution in [1.29, 1.82) is 0 Å². The van der Waals surface area contributed by atoms with Gasteiger partial charge in [0.15, 0.2) is 0 Å². The highest BCUT2D eigenvalue weighted by molar-refractivity contribution is 9.09. The molecule has 0 unspecified atom stereocenters. The van der Waals surface area contributed by atoms with Gasteiger partial charge in [0.2, 0.25) is 11.1 Å². The first-order chi connectivity index (χ1) is 33.6. The number of hydrogen-bond acceptors (Lipinski definition) is 14. The van der Waals surface area contributed by atoms with E-state index in [0.717, 1.165) is 123 Å². The molecule has 0 spiro atoms. The maximum Gasteiger partial charge on any atom is 0.325 e. The minimum Gasteiger partial charge on any atom is -0.465 e. The molecule has 360 valence electrons. The van der Waals surface area contributed by atoms with E-state index in [1.54, 1.807) is 26.0 Å². The van der Waals surface area contributed by atoms with Gasteiger partial charge in [0.25, 0.3) is 0 Å². The molecule has 4 aliphatic rings. The number of fused-ring (bicyclic) bond motifs is 4. The van der Waals surface area contributed by atoms with Crippen molar-refractivity contribution < 1.29 is 38.0 Å². The molecule has 10 rings (SSSR count). The summed E-state index contributed by atoms with van der Waals surface area (Å²) in [6, 6.07) is 30.8. The highest BCUT2D eigenvalue weighted by atomic mass is 79.9. The number of anilines is 4. The zero-order chi connectivity index (χ0) is 48.3. The van der Waals surface area contributed by atoms with Gasteiger partial charge in [0.1, 0.15) is 34.9 Å². The molecular formula is C52H55BrN6O10. The van der Waals surface area contributed by atoms with E-state index in [-0.39, 0.29) is 29.6 Å². The number of carbonyl (C=O) groups is 2. The second kappa shape index (κ2) is 22.8. The predicted molar refractivity (Wildman–Crippen MR) is 270 cm³/mol. The van der Waals surface area contributed by atoms with E-state index >= 15 is 0 Å². The lowest BCUT2D eigenvalue weighted by molar-refractivity contribution is -0.141. The number of nitrogen functional groups attached to an aromatic ring is 1. The van der Waals surface area contributed by atoms with Crippen LogP contribution in [-0.4, -0.2) is 99.6 Å². The summed E-state index contributed by atoms with van der Waals surface area (Å²) < 4.78 is 32.9. The zero-order valence-corrected chi connectivity index (χ0v) is 40.2. The Morgan fingerprint density at radius 2 is 1.13 bits per heavy atom. The van der Waals surface area contributed by atoms with Crippen LogP contribution < -0.4 is 41.4 Å². The number of alkyl halides is 1. The van der Waals surface area contributed by atoms with Crippen molar-refractivity contribution in [3.05, 3.63) is 140 Å². The van der Waals surface area contributed by atoms with Gasteiger partial charge in [-0.1, -0.05) is 40.2 Å². The fourth-order valence-corrected chi connectivity index (χ4v) is 8.61. The lowest BCUT2D eigenvalue weighted by Crippen LogP contribution is -2.36. The number of halogens is 1. The Morgan fingerprint density at radius 1 is 0.638 bits per heavy atom. The topological polar surface area (TPSA) is 200 Å². The Morgan fingerprint density at radius 3 is 1.62 bits per heavy atom. The van der Waals surface area contributed by atoms with Crippen molar-refractivity contribution in [3.63, 3.8) is 0 Å². The summed E-state index contributed by atoms with van der Waals surface area (Å²) in [5.74, 6) is 2.60. The highest BCUT2D eigenvalue weighted by Crippen LogP contribution is 2.44. The molecule has 0 saturated carbocycles. The Hall–Kier alpha value is -7.08. The summed E-state index contributed by atoms with van der Waals surface area (Å²) >= 11 is 2.94. The average Bonchev–Trinajstić information content (AvgIpc) is 3.37. The Balaban J connectivity index is 0.000000166. The van der Waals surface area contributed by atoms with Crippen molar-refractivity contribution in [2.75, 3.05) is 98.5 Å². The molecule has 6 heterocycles. The van der Waals surface area contributed by atoms with E-state index in [4.69, 9.17) is 29.4 Å². The number of nitrogens with two attached hydrogens (primary N) is 1. The van der Waals surface area contributed by atoms with E-state index in [1.165, 1.54) is 0 Å². The molecule has 69 heavy (non-hydrogen) atoms. The van der Waals surface area contributed by atoms with E-state index in [9.17, 15) is 19.2 Å². The van der Waals surface area contributed by atoms with Gasteiger partial charge in [-0.2, -0.15) is 0 Å². The molecule has 2 saturated heterocycles. The quantitative estimate of drug-likeness (QED) is 0.0592. The number of pyridine rings is 2. The number of carbonyl (C=O) groups excluding carboxylic acids is 2. The first-order valence-corrected chi connectivity index (χ1v) is 24.1. The number of nitrogens with zero attached hydrogens (tertiary/aromatic N) is 2. The molecular weight excluding hydrogens is 949 g/mol. The largest absolute Gasteiger partial charge is 0.465 e. The number of aromatic nitrogens is 2. The normalized spacial score (nSPS) is 14.3. The standard InChI is InChI=1S/C26H27N3O5.C22H21N3O3.C4H7BrO2/c1-2-33-25(31)16-27-19-6-7-23-18(13-19)12-17-4-3-5-21(26(17)34-23)22-14-20(15-24(30)28-22)29-8-10-32-11-9-29;23-16-4-5-20-15(11-16)10-14-2-1-3-18(22(14)28-20)19-12-17(13-21(26)24-19)25-6-8-27-9-7-25;1-2-7-4(6)3-5/h3-7,13-15,27H,2,8-12,16H2,1H3,(H,28,30);1-5,11-13H,6-10,23H2,(H,24,26);2-3H2,1H3. The first kappa shape index (κ1) is 48.4. The van der Waals surface area contributed by atoms with E-state index < -0.39 is 0 Å². The molecule has 6 aromatic rings. The van der Waals surface area contributed by atoms with Crippen molar-refractivity contribution in [1.82, 2.24) is 9.97 Å². The predicted octanol–water partition coefficient (Wildman–Crippen LogP) is 7.65. The second-order valence-electron chi connectivity index (χ2n) is 16.4. The lowest BCUT2D eigenvalue weighted by atomic mass is 9.96. The van der Waals surface area contributed by atoms with Gasteiger partial charge in [0.05, 0.1) is 51.0 Å². The van der Waals surface area contributed by atoms with Crippen LogP contribution in [0.1, 0.15) is 36.1 Å². The molecule has 0 bridgehead atoms. The highest BCUT2D eigenvalue weighted by Gasteiger charge is 2.24. The summed E-state index contributed by atoms with van der Waals surface area (Å²) in [6.45, 7) is 10.2. The SMILES string of the molecule is CCOC(=O)CBr.CCOC(=O)CNc1ccc2c(c1)Cc1cccc(-c3cc(N4CCOCC4)cc(=O)[nH]3)c1O2.Nc1ccc2c(c1)Cc1cccc(-c3cc(N4CCOCC4)cc(=O)[nH]3)c1O2. The van der Waals surface area contributed by atoms with Crippen LogP contribution >= 0.6 is 15.9 Å². The number of aromatic amines is 2.